The number of Topliss-reactive ketones (excluding diaryl/α,β-unsaturated/α-hetero) is 1. The van der Waals surface area contributed by atoms with Gasteiger partial charge in [0.1, 0.15) is 13.2 Å². The van der Waals surface area contributed by atoms with Crippen LogP contribution in [0.2, 0.25) is 0 Å². The van der Waals surface area contributed by atoms with Gasteiger partial charge in [-0.1, -0.05) is 0 Å². The van der Waals surface area contributed by atoms with E-state index < -0.39 is 0 Å². The van der Waals surface area contributed by atoms with Gasteiger partial charge in [-0.25, -0.2) is 0 Å². The minimum Gasteiger partial charge on any atom is -0.493 e. The van der Waals surface area contributed by atoms with E-state index >= 15 is 0 Å². The molecule has 0 radical (unpaired) electrons. The van der Waals surface area contributed by atoms with Crippen LogP contribution in [0.3, 0.4) is 0 Å². The molecular weight excluding hydrogens is 412 g/mol. The minimum absolute atomic E-state index is 0.166. The molecule has 0 bridgehead atoms. The van der Waals surface area contributed by atoms with Crippen LogP contribution in [0.5, 0.6) is 17.2 Å². The van der Waals surface area contributed by atoms with Crippen LogP contribution in [0.1, 0.15) is 15.9 Å². The van der Waals surface area contributed by atoms with E-state index in [1.54, 1.807) is 31.4 Å². The number of nitrogens with zero attached hydrogens (tertiary/aromatic N) is 1. The van der Waals surface area contributed by atoms with E-state index in [1.165, 1.54) is 0 Å². The highest BCUT2D eigenvalue weighted by atomic mass is 79.9. The maximum absolute atomic E-state index is 12.8. The predicted octanol–water partition coefficient (Wildman–Crippen LogP) is 3.73. The summed E-state index contributed by atoms with van der Waals surface area (Å²) in [5.41, 5.74) is 8.73. The van der Waals surface area contributed by atoms with Gasteiger partial charge in [0.05, 0.1) is 23.0 Å². The van der Waals surface area contributed by atoms with E-state index in [-0.39, 0.29) is 5.78 Å². The van der Waals surface area contributed by atoms with Crippen LogP contribution in [0.25, 0.3) is 6.08 Å². The van der Waals surface area contributed by atoms with Crippen LogP contribution < -0.4 is 24.8 Å². The lowest BCUT2D eigenvalue weighted by Gasteiger charge is -2.21. The third-order valence-electron chi connectivity index (χ3n) is 4.13. The molecule has 0 amide bonds. The van der Waals surface area contributed by atoms with Gasteiger partial charge in [-0.2, -0.15) is 0 Å². The second kappa shape index (κ2) is 7.92. The molecule has 0 aromatic heterocycles. The Labute approximate surface area is 166 Å². The van der Waals surface area contributed by atoms with E-state index in [0.29, 0.717) is 46.2 Å². The standard InChI is InChI=1S/C20H21BrN2O4/c1-23(2)16-5-4-13(11-15(16)22)19(24)14(21)8-12-9-17(25-3)20-18(10-12)26-6-7-27-20/h4-5,8-11H,6-7,22H2,1-3H3/b14-8+. The van der Waals surface area contributed by atoms with Crippen LogP contribution >= 0.6 is 15.9 Å². The fourth-order valence-electron chi connectivity index (χ4n) is 2.83. The summed E-state index contributed by atoms with van der Waals surface area (Å²) >= 11 is 3.38. The molecule has 2 aromatic rings. The molecule has 0 saturated carbocycles. The molecule has 6 nitrogen and oxygen atoms in total. The number of nitrogen functional groups attached to an aromatic ring is 1. The van der Waals surface area contributed by atoms with Crippen molar-refractivity contribution in [2.24, 2.45) is 0 Å². The van der Waals surface area contributed by atoms with Gasteiger partial charge in [0.2, 0.25) is 5.75 Å². The highest BCUT2D eigenvalue weighted by Crippen LogP contribution is 2.41. The van der Waals surface area contributed by atoms with Crippen molar-refractivity contribution in [3.05, 3.63) is 45.9 Å². The van der Waals surface area contributed by atoms with Gasteiger partial charge < -0.3 is 24.8 Å². The van der Waals surface area contributed by atoms with Crippen molar-refractivity contribution < 1.29 is 19.0 Å². The summed E-state index contributed by atoms with van der Waals surface area (Å²) in [7, 11) is 5.37. The summed E-state index contributed by atoms with van der Waals surface area (Å²) in [5, 5.41) is 0. The Balaban J connectivity index is 1.91. The number of fused-ring (bicyclic) bond motifs is 1. The Bertz CT molecular complexity index is 892. The molecule has 3 rings (SSSR count). The smallest absolute Gasteiger partial charge is 0.203 e. The van der Waals surface area contributed by atoms with Gasteiger partial charge in [0.25, 0.3) is 0 Å². The van der Waals surface area contributed by atoms with Gasteiger partial charge in [-0.05, 0) is 57.9 Å². The fourth-order valence-corrected chi connectivity index (χ4v) is 3.32. The molecule has 1 aliphatic heterocycles. The summed E-state index contributed by atoms with van der Waals surface area (Å²) in [6.45, 7) is 0.950. The van der Waals surface area contributed by atoms with Crippen LogP contribution in [0.4, 0.5) is 11.4 Å². The average molecular weight is 433 g/mol. The van der Waals surface area contributed by atoms with Crippen molar-refractivity contribution in [2.45, 2.75) is 0 Å². The number of carbonyl (C=O) groups excluding carboxylic acids is 1. The molecule has 0 saturated heterocycles. The number of nitrogens with two attached hydrogens (primary N) is 1. The van der Waals surface area contributed by atoms with E-state index in [9.17, 15) is 4.79 Å². The zero-order valence-corrected chi connectivity index (χ0v) is 17.0. The second-order valence-corrected chi connectivity index (χ2v) is 7.09. The molecule has 142 valence electrons. The quantitative estimate of drug-likeness (QED) is 0.440. The van der Waals surface area contributed by atoms with Gasteiger partial charge in [-0.15, -0.1) is 0 Å². The molecule has 2 N–H and O–H groups in total. The normalized spacial score (nSPS) is 13.3. The molecule has 0 unspecified atom stereocenters. The first-order valence-electron chi connectivity index (χ1n) is 8.37. The number of anilines is 2. The number of hydrogen-bond donors (Lipinski definition) is 1. The number of carbonyl (C=O) groups is 1. The fraction of sp³-hybridized carbons (Fsp3) is 0.250. The number of rotatable bonds is 5. The van der Waals surface area contributed by atoms with E-state index in [0.717, 1.165) is 11.3 Å². The Morgan fingerprint density at radius 2 is 1.96 bits per heavy atom. The third kappa shape index (κ3) is 4.03. The highest BCUT2D eigenvalue weighted by molar-refractivity contribution is 9.12. The van der Waals surface area contributed by atoms with Crippen LogP contribution in [0.15, 0.2) is 34.8 Å². The molecule has 0 fully saturated rings. The topological polar surface area (TPSA) is 74.0 Å². The lowest BCUT2D eigenvalue weighted by atomic mass is 10.1. The van der Waals surface area contributed by atoms with Crippen molar-refractivity contribution in [3.63, 3.8) is 0 Å². The Hall–Kier alpha value is -2.67. The molecule has 0 atom stereocenters. The number of benzene rings is 2. The minimum atomic E-state index is -0.166. The number of allylic oxidation sites excluding steroid dienone is 1. The first-order valence-corrected chi connectivity index (χ1v) is 9.16. The van der Waals surface area contributed by atoms with E-state index in [1.807, 2.05) is 31.1 Å². The summed E-state index contributed by atoms with van der Waals surface area (Å²) in [6.07, 6.45) is 1.72. The van der Waals surface area contributed by atoms with Crippen molar-refractivity contribution in [1.82, 2.24) is 0 Å². The van der Waals surface area contributed by atoms with Crippen molar-refractivity contribution in [1.29, 1.82) is 0 Å². The lowest BCUT2D eigenvalue weighted by Crippen LogP contribution is -2.16. The van der Waals surface area contributed by atoms with Crippen LogP contribution in [-0.4, -0.2) is 40.2 Å². The molecule has 1 heterocycles. The first-order chi connectivity index (χ1) is 12.9. The molecule has 0 spiro atoms. The SMILES string of the molecule is COc1cc(/C=C(/Br)C(=O)c2ccc(N(C)C)c(N)c2)cc2c1OCCO2. The summed E-state index contributed by atoms with van der Waals surface area (Å²) in [6, 6.07) is 8.88. The predicted molar refractivity (Wildman–Crippen MR) is 110 cm³/mol. The van der Waals surface area contributed by atoms with Gasteiger partial charge in [0.15, 0.2) is 17.3 Å². The summed E-state index contributed by atoms with van der Waals surface area (Å²) < 4.78 is 17.0. The van der Waals surface area contributed by atoms with Crippen molar-refractivity contribution in [2.75, 3.05) is 45.1 Å². The number of ketones is 1. The highest BCUT2D eigenvalue weighted by Gasteiger charge is 2.19. The Morgan fingerprint density at radius 1 is 1.22 bits per heavy atom. The maximum atomic E-state index is 12.8. The second-order valence-electron chi connectivity index (χ2n) is 6.24. The third-order valence-corrected chi connectivity index (χ3v) is 4.72. The summed E-state index contributed by atoms with van der Waals surface area (Å²) in [4.78, 5) is 14.7. The molecular formula is C20H21BrN2O4. The Morgan fingerprint density at radius 3 is 2.63 bits per heavy atom. The Kier molecular flexibility index (Phi) is 5.60. The maximum Gasteiger partial charge on any atom is 0.203 e. The number of methoxy groups -OCH3 is 1. The zero-order valence-electron chi connectivity index (χ0n) is 15.4. The van der Waals surface area contributed by atoms with Crippen LogP contribution in [0, 0.1) is 0 Å². The van der Waals surface area contributed by atoms with Crippen LogP contribution in [-0.2, 0) is 0 Å². The number of halogens is 1. The lowest BCUT2D eigenvalue weighted by molar-refractivity contribution is 0.104. The first kappa shape index (κ1) is 19.1. The van der Waals surface area contributed by atoms with E-state index in [2.05, 4.69) is 15.9 Å². The number of ether oxygens (including phenoxy) is 3. The summed E-state index contributed by atoms with van der Waals surface area (Å²) in [5.74, 6) is 1.57. The number of hydrogen-bond acceptors (Lipinski definition) is 6. The van der Waals surface area contributed by atoms with Gasteiger partial charge in [0, 0.05) is 19.7 Å². The van der Waals surface area contributed by atoms with Gasteiger partial charge in [-0.3, -0.25) is 4.79 Å². The molecule has 2 aromatic carbocycles. The molecule has 7 heteroatoms. The largest absolute Gasteiger partial charge is 0.493 e. The monoisotopic (exact) mass is 432 g/mol. The molecule has 0 aliphatic carbocycles. The van der Waals surface area contributed by atoms with Crippen molar-refractivity contribution >= 4 is 39.2 Å². The van der Waals surface area contributed by atoms with Gasteiger partial charge >= 0.3 is 0 Å². The van der Waals surface area contributed by atoms with E-state index in [4.69, 9.17) is 19.9 Å². The zero-order chi connectivity index (χ0) is 19.6. The average Bonchev–Trinajstić information content (AvgIpc) is 2.66. The molecule has 27 heavy (non-hydrogen) atoms. The molecule has 1 aliphatic rings. The van der Waals surface area contributed by atoms with Crippen molar-refractivity contribution in [3.8, 4) is 17.2 Å².